The number of ether oxygens (including phenoxy) is 3. The molecule has 1 fully saturated rings. The zero-order valence-electron chi connectivity index (χ0n) is 27.3. The topological polar surface area (TPSA) is 111 Å². The Balaban J connectivity index is 1.52. The normalized spacial score (nSPS) is 15.7. The fourth-order valence-electron chi connectivity index (χ4n) is 5.01. The van der Waals surface area contributed by atoms with Crippen molar-refractivity contribution in [1.82, 2.24) is 10.2 Å². The first-order valence-electron chi connectivity index (χ1n) is 15.8. The molecule has 0 saturated carbocycles. The Kier molecular flexibility index (Phi) is 11.7. The number of Topliss-reactive ketones (excluding diaryl/α,β-unsaturated/α-hetero) is 1. The maximum absolute atomic E-state index is 13.7. The molecule has 1 aromatic heterocycles. The van der Waals surface area contributed by atoms with Crippen molar-refractivity contribution < 1.29 is 33.3 Å². The molecule has 0 radical (unpaired) electrons. The number of aromatic nitrogens is 2. The molecule has 4 aromatic rings. The van der Waals surface area contributed by atoms with Gasteiger partial charge in [-0.3, -0.25) is 14.5 Å². The number of methoxy groups -OCH3 is 1. The van der Waals surface area contributed by atoms with Crippen LogP contribution < -0.4 is 19.1 Å². The lowest BCUT2D eigenvalue weighted by Gasteiger charge is -2.23. The fraction of sp³-hybridized carbons (Fsp3) is 0.333. The average Bonchev–Trinajstić information content (AvgIpc) is 3.66. The summed E-state index contributed by atoms with van der Waals surface area (Å²) in [7, 11) is 1.52. The van der Waals surface area contributed by atoms with Gasteiger partial charge in [-0.2, -0.15) is 0 Å². The van der Waals surface area contributed by atoms with Crippen LogP contribution >= 0.6 is 23.1 Å². The van der Waals surface area contributed by atoms with Gasteiger partial charge in [-0.05, 0) is 78.4 Å². The first kappa shape index (κ1) is 34.9. The molecule has 1 atom stereocenters. The summed E-state index contributed by atoms with van der Waals surface area (Å²) in [6.07, 6.45) is 2.76. The van der Waals surface area contributed by atoms with E-state index in [1.165, 1.54) is 35.9 Å². The molecular formula is C36H38FN3O6S2. The van der Waals surface area contributed by atoms with E-state index in [1.807, 2.05) is 0 Å². The molecule has 1 aliphatic heterocycles. The van der Waals surface area contributed by atoms with Gasteiger partial charge in [-0.15, -0.1) is 10.2 Å². The highest BCUT2D eigenvalue weighted by Gasteiger charge is 2.48. The van der Waals surface area contributed by atoms with E-state index in [9.17, 15) is 19.1 Å². The van der Waals surface area contributed by atoms with Crippen LogP contribution in [0.1, 0.15) is 62.8 Å². The van der Waals surface area contributed by atoms with Gasteiger partial charge in [0.2, 0.25) is 5.13 Å². The lowest BCUT2D eigenvalue weighted by atomic mass is 9.95. The quantitative estimate of drug-likeness (QED) is 0.0329. The second kappa shape index (κ2) is 16.1. The Labute approximate surface area is 287 Å². The lowest BCUT2D eigenvalue weighted by Crippen LogP contribution is -2.29. The lowest BCUT2D eigenvalue weighted by molar-refractivity contribution is -0.132. The first-order chi connectivity index (χ1) is 23.2. The maximum atomic E-state index is 13.7. The van der Waals surface area contributed by atoms with E-state index < -0.39 is 17.7 Å². The number of anilines is 1. The minimum absolute atomic E-state index is 0.0918. The number of nitrogens with zero attached hydrogens (tertiary/aromatic N) is 3. The summed E-state index contributed by atoms with van der Waals surface area (Å²) < 4.78 is 31.3. The van der Waals surface area contributed by atoms with Crippen molar-refractivity contribution in [1.29, 1.82) is 0 Å². The van der Waals surface area contributed by atoms with Crippen LogP contribution in [0.15, 0.2) is 76.6 Å². The van der Waals surface area contributed by atoms with Gasteiger partial charge < -0.3 is 19.3 Å². The Hall–Kier alpha value is -4.42. The van der Waals surface area contributed by atoms with Crippen molar-refractivity contribution in [3.63, 3.8) is 0 Å². The van der Waals surface area contributed by atoms with E-state index in [0.29, 0.717) is 57.6 Å². The molecular weight excluding hydrogens is 654 g/mol. The van der Waals surface area contributed by atoms with Gasteiger partial charge in [0.05, 0.1) is 31.9 Å². The van der Waals surface area contributed by atoms with Gasteiger partial charge in [0, 0.05) is 11.3 Å². The van der Waals surface area contributed by atoms with Crippen molar-refractivity contribution >= 4 is 45.7 Å². The van der Waals surface area contributed by atoms with Gasteiger partial charge in [0.1, 0.15) is 17.3 Å². The highest BCUT2D eigenvalue weighted by atomic mass is 32.2. The third-order valence-corrected chi connectivity index (χ3v) is 9.80. The Morgan fingerprint density at radius 2 is 1.75 bits per heavy atom. The van der Waals surface area contributed by atoms with Crippen molar-refractivity contribution in [3.8, 4) is 17.2 Å². The van der Waals surface area contributed by atoms with Crippen LogP contribution in [-0.2, 0) is 15.3 Å². The highest BCUT2D eigenvalue weighted by molar-refractivity contribution is 8.00. The van der Waals surface area contributed by atoms with Crippen LogP contribution in [0.2, 0.25) is 0 Å². The number of ketones is 1. The monoisotopic (exact) mass is 691 g/mol. The van der Waals surface area contributed by atoms with Crippen molar-refractivity contribution in [2.75, 3.05) is 25.2 Å². The number of aliphatic hydroxyl groups is 1. The first-order valence-corrected chi connectivity index (χ1v) is 17.6. The van der Waals surface area contributed by atoms with Gasteiger partial charge >= 0.3 is 5.91 Å². The van der Waals surface area contributed by atoms with E-state index >= 15 is 0 Å². The largest absolute Gasteiger partial charge is 0.507 e. The second-order valence-corrected chi connectivity index (χ2v) is 13.8. The molecule has 48 heavy (non-hydrogen) atoms. The fourth-order valence-corrected chi connectivity index (χ4v) is 6.83. The standard InChI is InChI=1S/C36H38FN3O6S2/c1-5-6-18-45-27-14-9-24(10-15-27)32(41)30-31(25-11-16-28(29(20-25)44-4)46-19-17-22(2)3)40(34(43)33(30)42)35-38-39-36(48-35)47-21-23-7-12-26(37)13-8-23/h7-16,20,22,31,41H,5-6,17-19,21H2,1-4H3/b32-30-. The molecule has 0 aliphatic carbocycles. The summed E-state index contributed by atoms with van der Waals surface area (Å²) >= 11 is 2.52. The molecule has 1 saturated heterocycles. The SMILES string of the molecule is CCCCOc1ccc(/C(O)=C2/C(=O)C(=O)N(c3nnc(SCc4ccc(F)cc4)s3)C2c2ccc(OCCC(C)C)c(OC)c2)cc1. The van der Waals surface area contributed by atoms with Crippen LogP contribution in [0.4, 0.5) is 9.52 Å². The van der Waals surface area contributed by atoms with E-state index in [2.05, 4.69) is 31.0 Å². The molecule has 252 valence electrons. The smallest absolute Gasteiger partial charge is 0.301 e. The predicted octanol–water partition coefficient (Wildman–Crippen LogP) is 8.21. The highest BCUT2D eigenvalue weighted by Crippen LogP contribution is 2.45. The van der Waals surface area contributed by atoms with Crippen LogP contribution in [0.3, 0.4) is 0 Å². The summed E-state index contributed by atoms with van der Waals surface area (Å²) in [5.74, 6) is 0.192. The molecule has 1 N–H and O–H groups in total. The minimum atomic E-state index is -1.04. The molecule has 1 amide bonds. The molecule has 5 rings (SSSR count). The number of halogens is 1. The Morgan fingerprint density at radius 1 is 1.00 bits per heavy atom. The van der Waals surface area contributed by atoms with Crippen molar-refractivity contribution in [3.05, 3.63) is 94.8 Å². The minimum Gasteiger partial charge on any atom is -0.507 e. The number of rotatable bonds is 15. The summed E-state index contributed by atoms with van der Waals surface area (Å²) in [5.41, 5.74) is 1.67. The van der Waals surface area contributed by atoms with Gasteiger partial charge in [-0.25, -0.2) is 4.39 Å². The zero-order chi connectivity index (χ0) is 34.2. The number of benzene rings is 3. The number of carbonyl (C=O) groups is 2. The van der Waals surface area contributed by atoms with E-state index in [0.717, 1.165) is 36.2 Å². The number of aliphatic hydroxyl groups excluding tert-OH is 1. The molecule has 1 unspecified atom stereocenters. The average molecular weight is 692 g/mol. The molecule has 0 spiro atoms. The van der Waals surface area contributed by atoms with Crippen LogP contribution in [0.25, 0.3) is 5.76 Å². The van der Waals surface area contributed by atoms with E-state index in [1.54, 1.807) is 54.6 Å². The predicted molar refractivity (Wildman–Crippen MR) is 185 cm³/mol. The number of hydrogen-bond acceptors (Lipinski definition) is 10. The number of thioether (sulfide) groups is 1. The number of amides is 1. The van der Waals surface area contributed by atoms with Gasteiger partial charge in [-0.1, -0.05) is 68.5 Å². The number of unbranched alkanes of at least 4 members (excludes halogenated alkanes) is 1. The van der Waals surface area contributed by atoms with Crippen LogP contribution in [-0.4, -0.2) is 47.3 Å². The summed E-state index contributed by atoms with van der Waals surface area (Å²) in [6, 6.07) is 17.1. The van der Waals surface area contributed by atoms with E-state index in [-0.39, 0.29) is 22.3 Å². The summed E-state index contributed by atoms with van der Waals surface area (Å²) in [6.45, 7) is 7.36. The third-order valence-electron chi connectivity index (χ3n) is 7.67. The van der Waals surface area contributed by atoms with Crippen LogP contribution in [0.5, 0.6) is 17.2 Å². The maximum Gasteiger partial charge on any atom is 0.301 e. The molecule has 9 nitrogen and oxygen atoms in total. The third kappa shape index (κ3) is 8.16. The molecule has 3 aromatic carbocycles. The van der Waals surface area contributed by atoms with Crippen LogP contribution in [0, 0.1) is 11.7 Å². The molecule has 2 heterocycles. The van der Waals surface area contributed by atoms with Crippen molar-refractivity contribution in [2.24, 2.45) is 5.92 Å². The molecule has 0 bridgehead atoms. The Bertz CT molecular complexity index is 1760. The second-order valence-electron chi connectivity index (χ2n) is 11.6. The molecule has 12 heteroatoms. The van der Waals surface area contributed by atoms with Gasteiger partial charge in [0.25, 0.3) is 5.78 Å². The zero-order valence-corrected chi connectivity index (χ0v) is 28.9. The summed E-state index contributed by atoms with van der Waals surface area (Å²) in [5, 5.41) is 20.3. The summed E-state index contributed by atoms with van der Waals surface area (Å²) in [4.78, 5) is 28.7. The van der Waals surface area contributed by atoms with Crippen molar-refractivity contribution in [2.45, 2.75) is 56.2 Å². The number of carbonyl (C=O) groups excluding carboxylic acids is 2. The molecule has 1 aliphatic rings. The van der Waals surface area contributed by atoms with Gasteiger partial charge in [0.15, 0.2) is 15.8 Å². The number of hydrogen-bond donors (Lipinski definition) is 1. The Morgan fingerprint density at radius 3 is 2.44 bits per heavy atom. The van der Waals surface area contributed by atoms with E-state index in [4.69, 9.17) is 14.2 Å².